The summed E-state index contributed by atoms with van der Waals surface area (Å²) < 4.78 is 0. The van der Waals surface area contributed by atoms with Crippen molar-refractivity contribution in [2.45, 2.75) is 26.7 Å². The van der Waals surface area contributed by atoms with Crippen LogP contribution >= 0.6 is 11.8 Å². The highest BCUT2D eigenvalue weighted by molar-refractivity contribution is 8.04. The van der Waals surface area contributed by atoms with E-state index in [1.165, 1.54) is 17.8 Å². The zero-order valence-corrected chi connectivity index (χ0v) is 12.5. The van der Waals surface area contributed by atoms with Gasteiger partial charge in [-0.15, -0.1) is 0 Å². The number of rotatable bonds is 4. The number of hydrogen-bond donors (Lipinski definition) is 2. The molecule has 4 nitrogen and oxygen atoms in total. The Labute approximate surface area is 123 Å². The quantitative estimate of drug-likeness (QED) is 0.837. The number of para-hydroxylation sites is 1. The molecule has 2 N–H and O–H groups in total. The summed E-state index contributed by atoms with van der Waals surface area (Å²) in [6.07, 6.45) is 3.18. The second-order valence-electron chi connectivity index (χ2n) is 4.49. The highest BCUT2D eigenvalue weighted by Gasteiger charge is 2.16. The Kier molecular flexibility index (Phi) is 4.84. The zero-order chi connectivity index (χ0) is 14.5. The number of thioether (sulfide) groups is 1. The predicted octanol–water partition coefficient (Wildman–Crippen LogP) is 2.45. The van der Waals surface area contributed by atoms with Crippen LogP contribution in [0.15, 0.2) is 29.3 Å². The van der Waals surface area contributed by atoms with Crippen molar-refractivity contribution in [2.75, 3.05) is 11.1 Å². The maximum absolute atomic E-state index is 12.1. The molecule has 0 radical (unpaired) electrons. The Bertz CT molecular complexity index is 545. The van der Waals surface area contributed by atoms with Crippen LogP contribution in [0.4, 0.5) is 5.69 Å². The first-order chi connectivity index (χ1) is 9.63. The SMILES string of the molecule is CCc1cccc(CC)c1NC(=O)/C=C1/NC(=O)CS1. The number of carbonyl (C=O) groups excluding carboxylic acids is 2. The second kappa shape index (κ2) is 6.61. The molecule has 1 heterocycles. The van der Waals surface area contributed by atoms with Crippen LogP contribution in [0.3, 0.4) is 0 Å². The molecule has 0 aromatic heterocycles. The molecule has 0 saturated carbocycles. The third kappa shape index (κ3) is 3.42. The minimum atomic E-state index is -0.203. The molecule has 0 unspecified atom stereocenters. The fourth-order valence-electron chi connectivity index (χ4n) is 2.11. The van der Waals surface area contributed by atoms with Crippen molar-refractivity contribution < 1.29 is 9.59 Å². The van der Waals surface area contributed by atoms with Crippen LogP contribution in [0.1, 0.15) is 25.0 Å². The third-order valence-corrected chi connectivity index (χ3v) is 4.07. The van der Waals surface area contributed by atoms with Gasteiger partial charge in [0.1, 0.15) is 0 Å². The first kappa shape index (κ1) is 14.7. The van der Waals surface area contributed by atoms with Crippen molar-refractivity contribution in [3.63, 3.8) is 0 Å². The van der Waals surface area contributed by atoms with Crippen LogP contribution < -0.4 is 10.6 Å². The van der Waals surface area contributed by atoms with Gasteiger partial charge in [0, 0.05) is 11.8 Å². The number of nitrogens with one attached hydrogen (secondary N) is 2. The summed E-state index contributed by atoms with van der Waals surface area (Å²) in [4.78, 5) is 23.1. The predicted molar refractivity (Wildman–Crippen MR) is 82.5 cm³/mol. The first-order valence-electron chi connectivity index (χ1n) is 6.70. The molecular weight excluding hydrogens is 272 g/mol. The second-order valence-corrected chi connectivity index (χ2v) is 5.51. The Hall–Kier alpha value is -1.75. The minimum absolute atomic E-state index is 0.0581. The van der Waals surface area contributed by atoms with Crippen LogP contribution in [-0.4, -0.2) is 17.6 Å². The summed E-state index contributed by atoms with van der Waals surface area (Å²) >= 11 is 1.35. The number of benzene rings is 1. The molecule has 2 rings (SSSR count). The van der Waals surface area contributed by atoms with E-state index in [1.54, 1.807) is 0 Å². The van der Waals surface area contributed by atoms with E-state index in [-0.39, 0.29) is 11.8 Å². The van der Waals surface area contributed by atoms with Crippen molar-refractivity contribution in [1.29, 1.82) is 0 Å². The first-order valence-corrected chi connectivity index (χ1v) is 7.68. The minimum Gasteiger partial charge on any atom is -0.322 e. The fraction of sp³-hybridized carbons (Fsp3) is 0.333. The van der Waals surface area contributed by atoms with Crippen LogP contribution in [0.25, 0.3) is 0 Å². The molecule has 1 saturated heterocycles. The molecule has 5 heteroatoms. The molecule has 20 heavy (non-hydrogen) atoms. The van der Waals surface area contributed by atoms with Gasteiger partial charge < -0.3 is 10.6 Å². The number of carbonyl (C=O) groups is 2. The lowest BCUT2D eigenvalue weighted by Gasteiger charge is -2.13. The van der Waals surface area contributed by atoms with Crippen molar-refractivity contribution in [2.24, 2.45) is 0 Å². The van der Waals surface area contributed by atoms with E-state index in [0.29, 0.717) is 10.8 Å². The molecule has 1 aliphatic rings. The third-order valence-electron chi connectivity index (χ3n) is 3.13. The molecule has 0 aliphatic carbocycles. The van der Waals surface area contributed by atoms with Gasteiger partial charge in [0.25, 0.3) is 5.91 Å². The highest BCUT2D eigenvalue weighted by atomic mass is 32.2. The molecular formula is C15H18N2O2S. The number of hydrogen-bond acceptors (Lipinski definition) is 3. The van der Waals surface area contributed by atoms with E-state index in [1.807, 2.05) is 18.2 Å². The number of aryl methyl sites for hydroxylation is 2. The van der Waals surface area contributed by atoms with E-state index in [4.69, 9.17) is 0 Å². The average molecular weight is 290 g/mol. The number of amides is 2. The Balaban J connectivity index is 2.17. The topological polar surface area (TPSA) is 58.2 Å². The summed E-state index contributed by atoms with van der Waals surface area (Å²) in [7, 11) is 0. The van der Waals surface area contributed by atoms with Gasteiger partial charge in [0.2, 0.25) is 5.91 Å². The summed E-state index contributed by atoms with van der Waals surface area (Å²) in [5, 5.41) is 6.21. The van der Waals surface area contributed by atoms with Gasteiger partial charge in [0.15, 0.2) is 0 Å². The number of anilines is 1. The Morgan fingerprint density at radius 2 is 2.00 bits per heavy atom. The average Bonchev–Trinajstić information content (AvgIpc) is 2.84. The van der Waals surface area contributed by atoms with Crippen molar-refractivity contribution >= 4 is 29.3 Å². The van der Waals surface area contributed by atoms with Crippen molar-refractivity contribution in [3.8, 4) is 0 Å². The lowest BCUT2D eigenvalue weighted by Crippen LogP contribution is -2.17. The van der Waals surface area contributed by atoms with Crippen LogP contribution in [-0.2, 0) is 22.4 Å². The summed E-state index contributed by atoms with van der Waals surface area (Å²) in [5.74, 6) is 0.118. The molecule has 2 amide bonds. The maximum atomic E-state index is 12.1. The molecule has 1 aliphatic heterocycles. The molecule has 1 fully saturated rings. The van der Waals surface area contributed by atoms with Gasteiger partial charge >= 0.3 is 0 Å². The normalized spacial score (nSPS) is 16.3. The van der Waals surface area contributed by atoms with Gasteiger partial charge in [0.05, 0.1) is 10.8 Å². The van der Waals surface area contributed by atoms with E-state index < -0.39 is 0 Å². The maximum Gasteiger partial charge on any atom is 0.251 e. The summed E-state index contributed by atoms with van der Waals surface area (Å²) in [5.41, 5.74) is 3.15. The Morgan fingerprint density at radius 1 is 1.35 bits per heavy atom. The summed E-state index contributed by atoms with van der Waals surface area (Å²) in [6.45, 7) is 4.13. The van der Waals surface area contributed by atoms with E-state index in [2.05, 4.69) is 24.5 Å². The van der Waals surface area contributed by atoms with E-state index in [0.717, 1.165) is 29.7 Å². The van der Waals surface area contributed by atoms with Gasteiger partial charge in [-0.3, -0.25) is 9.59 Å². The molecule has 0 bridgehead atoms. The van der Waals surface area contributed by atoms with Gasteiger partial charge in [-0.05, 0) is 24.0 Å². The lowest BCUT2D eigenvalue weighted by atomic mass is 10.0. The molecule has 1 aromatic carbocycles. The van der Waals surface area contributed by atoms with Crippen LogP contribution in [0.5, 0.6) is 0 Å². The Morgan fingerprint density at radius 3 is 2.50 bits per heavy atom. The molecule has 1 aromatic rings. The van der Waals surface area contributed by atoms with Crippen LogP contribution in [0.2, 0.25) is 0 Å². The molecule has 106 valence electrons. The lowest BCUT2D eigenvalue weighted by molar-refractivity contribution is -0.117. The molecule has 0 spiro atoms. The van der Waals surface area contributed by atoms with E-state index >= 15 is 0 Å². The summed E-state index contributed by atoms with van der Waals surface area (Å²) in [6, 6.07) is 6.06. The van der Waals surface area contributed by atoms with Gasteiger partial charge in [-0.25, -0.2) is 0 Å². The van der Waals surface area contributed by atoms with E-state index in [9.17, 15) is 9.59 Å². The van der Waals surface area contributed by atoms with Crippen molar-refractivity contribution in [3.05, 3.63) is 40.4 Å². The monoisotopic (exact) mass is 290 g/mol. The van der Waals surface area contributed by atoms with Crippen molar-refractivity contribution in [1.82, 2.24) is 5.32 Å². The fourth-order valence-corrected chi connectivity index (χ4v) is 2.85. The zero-order valence-electron chi connectivity index (χ0n) is 11.7. The van der Waals surface area contributed by atoms with Gasteiger partial charge in [-0.1, -0.05) is 43.8 Å². The standard InChI is InChI=1S/C15H18N2O2S/c1-3-10-6-5-7-11(4-2)15(10)17-12(18)8-14-16-13(19)9-20-14/h5-8H,3-4,9H2,1-2H3,(H,16,19)(H,17,18)/b14-8-. The van der Waals surface area contributed by atoms with Gasteiger partial charge in [-0.2, -0.15) is 0 Å². The van der Waals surface area contributed by atoms with Crippen LogP contribution in [0, 0.1) is 0 Å². The molecule has 0 atom stereocenters. The largest absolute Gasteiger partial charge is 0.322 e. The highest BCUT2D eigenvalue weighted by Crippen LogP contribution is 2.23. The smallest absolute Gasteiger partial charge is 0.251 e.